The average molecular weight is 484 g/mol. The Morgan fingerprint density at radius 1 is 1.03 bits per heavy atom. The Bertz CT molecular complexity index is 1520. The summed E-state index contributed by atoms with van der Waals surface area (Å²) < 4.78 is 1.21. The van der Waals surface area contributed by atoms with Gasteiger partial charge in [-0.05, 0) is 24.6 Å². The Labute approximate surface area is 206 Å². The number of piperazine rings is 1. The summed E-state index contributed by atoms with van der Waals surface area (Å²) in [5, 5.41) is 6.21. The van der Waals surface area contributed by atoms with Crippen molar-refractivity contribution in [2.75, 3.05) is 38.5 Å². The van der Waals surface area contributed by atoms with E-state index in [1.165, 1.54) is 10.1 Å². The number of amides is 1. The van der Waals surface area contributed by atoms with Crippen molar-refractivity contribution in [3.63, 3.8) is 0 Å². The van der Waals surface area contributed by atoms with Gasteiger partial charge < -0.3 is 9.88 Å². The van der Waals surface area contributed by atoms with Gasteiger partial charge in [0.05, 0.1) is 16.8 Å². The maximum absolute atomic E-state index is 13.2. The summed E-state index contributed by atoms with van der Waals surface area (Å²) in [5.74, 6) is 0.168. The van der Waals surface area contributed by atoms with Crippen LogP contribution in [-0.4, -0.2) is 68.9 Å². The minimum absolute atomic E-state index is 0.266. The summed E-state index contributed by atoms with van der Waals surface area (Å²) in [7, 11) is 2.14. The Morgan fingerprint density at radius 2 is 1.83 bits per heavy atom. The van der Waals surface area contributed by atoms with E-state index in [-0.39, 0.29) is 5.91 Å². The highest BCUT2D eigenvalue weighted by molar-refractivity contribution is 7.17. The molecule has 2 aromatic carbocycles. The predicted octanol–water partition coefficient (Wildman–Crippen LogP) is 4.23. The maximum atomic E-state index is 13.2. The molecule has 1 aliphatic heterocycles. The highest BCUT2D eigenvalue weighted by Crippen LogP contribution is 2.37. The van der Waals surface area contributed by atoms with Gasteiger partial charge >= 0.3 is 0 Å². The van der Waals surface area contributed by atoms with E-state index in [1.54, 1.807) is 23.7 Å². The Kier molecular flexibility index (Phi) is 5.73. The van der Waals surface area contributed by atoms with Crippen molar-refractivity contribution in [1.82, 2.24) is 29.7 Å². The topological polar surface area (TPSA) is 90.0 Å². The molecule has 4 heterocycles. The molecule has 176 valence electrons. The normalized spacial score (nSPS) is 15.1. The molecule has 1 fully saturated rings. The first-order valence-electron chi connectivity index (χ1n) is 11.6. The third-order valence-electron chi connectivity index (χ3n) is 6.49. The first-order valence-corrected chi connectivity index (χ1v) is 12.5. The fourth-order valence-electron chi connectivity index (χ4n) is 4.56. The zero-order valence-corrected chi connectivity index (χ0v) is 20.2. The Hall–Kier alpha value is -3.66. The molecule has 3 aromatic heterocycles. The number of rotatable bonds is 5. The lowest BCUT2D eigenvalue weighted by molar-refractivity contribution is 0.102. The molecule has 0 atom stereocenters. The number of nitrogens with one attached hydrogen (secondary N) is 2. The number of likely N-dealkylation sites (N-methyl/N-ethyl adjacent to an activating group) is 1. The van der Waals surface area contributed by atoms with Crippen molar-refractivity contribution in [3.8, 4) is 11.1 Å². The molecule has 6 rings (SSSR count). The molecular formula is C26H25N7OS. The Balaban J connectivity index is 1.26. The summed E-state index contributed by atoms with van der Waals surface area (Å²) in [6.07, 6.45) is 5.14. The number of nitrogens with zero attached hydrogens (tertiary/aromatic N) is 5. The smallest absolute Gasteiger partial charge is 0.260 e. The van der Waals surface area contributed by atoms with Gasteiger partial charge in [0.1, 0.15) is 5.52 Å². The monoisotopic (exact) mass is 483 g/mol. The van der Waals surface area contributed by atoms with Gasteiger partial charge in [0.15, 0.2) is 0 Å². The summed E-state index contributed by atoms with van der Waals surface area (Å²) in [5.41, 5.74) is 4.72. The summed E-state index contributed by atoms with van der Waals surface area (Å²) in [6.45, 7) is 4.90. The highest BCUT2D eigenvalue weighted by atomic mass is 32.1. The number of benzene rings is 2. The molecule has 0 spiro atoms. The second-order valence-electron chi connectivity index (χ2n) is 8.83. The number of H-pyrrole nitrogens is 1. The first-order chi connectivity index (χ1) is 17.2. The van der Waals surface area contributed by atoms with Crippen molar-refractivity contribution in [2.24, 2.45) is 0 Å². The van der Waals surface area contributed by atoms with Crippen molar-refractivity contribution in [2.45, 2.75) is 6.54 Å². The van der Waals surface area contributed by atoms with Crippen LogP contribution in [0.4, 0.5) is 5.95 Å². The van der Waals surface area contributed by atoms with Crippen LogP contribution < -0.4 is 5.32 Å². The zero-order valence-electron chi connectivity index (χ0n) is 19.4. The fourth-order valence-corrected chi connectivity index (χ4v) is 5.52. The molecule has 35 heavy (non-hydrogen) atoms. The lowest BCUT2D eigenvalue weighted by Gasteiger charge is -2.31. The van der Waals surface area contributed by atoms with Crippen molar-refractivity contribution in [1.29, 1.82) is 0 Å². The largest absolute Gasteiger partial charge is 0.330 e. The molecule has 0 aliphatic carbocycles. The van der Waals surface area contributed by atoms with Crippen LogP contribution in [0.2, 0.25) is 0 Å². The van der Waals surface area contributed by atoms with Crippen molar-refractivity contribution >= 4 is 44.3 Å². The average Bonchev–Trinajstić information content (AvgIpc) is 3.51. The van der Waals surface area contributed by atoms with Gasteiger partial charge in [-0.3, -0.25) is 25.0 Å². The molecule has 0 saturated carbocycles. The van der Waals surface area contributed by atoms with Crippen LogP contribution in [-0.2, 0) is 6.54 Å². The van der Waals surface area contributed by atoms with Crippen LogP contribution >= 0.6 is 11.3 Å². The molecule has 1 amide bonds. The van der Waals surface area contributed by atoms with Gasteiger partial charge in [-0.25, -0.2) is 4.98 Å². The van der Waals surface area contributed by atoms with Crippen molar-refractivity contribution in [3.05, 3.63) is 71.6 Å². The number of thiophene rings is 1. The van der Waals surface area contributed by atoms with E-state index < -0.39 is 0 Å². The standard InChI is InChI=1S/C26H25N7OS/c1-32-10-12-33(13-11-32)15-17-14-29-26(30-17)31-25(34)20-7-6-19(23-24(20)28-9-8-27-23)21-16-35-22-5-3-2-4-18(21)22/h2-9,14,16H,10-13,15H2,1H3,(H2,29,30,31,34). The Morgan fingerprint density at radius 3 is 2.69 bits per heavy atom. The zero-order chi connectivity index (χ0) is 23.8. The number of imidazole rings is 1. The third kappa shape index (κ3) is 4.29. The predicted molar refractivity (Wildman–Crippen MR) is 140 cm³/mol. The van der Waals surface area contributed by atoms with Crippen LogP contribution in [0.25, 0.3) is 32.2 Å². The van der Waals surface area contributed by atoms with Crippen LogP contribution in [0.1, 0.15) is 16.1 Å². The number of carbonyl (C=O) groups is 1. The molecule has 2 N–H and O–H groups in total. The molecular weight excluding hydrogens is 458 g/mol. The molecule has 5 aromatic rings. The van der Waals surface area contributed by atoms with Gasteiger partial charge in [-0.1, -0.05) is 24.3 Å². The number of aromatic nitrogens is 4. The molecule has 1 saturated heterocycles. The lowest BCUT2D eigenvalue weighted by atomic mass is 10.00. The van der Waals surface area contributed by atoms with Crippen LogP contribution in [0.3, 0.4) is 0 Å². The molecule has 9 heteroatoms. The molecule has 0 bridgehead atoms. The van der Waals surface area contributed by atoms with E-state index in [0.29, 0.717) is 22.5 Å². The van der Waals surface area contributed by atoms with Crippen LogP contribution in [0.15, 0.2) is 60.4 Å². The van der Waals surface area contributed by atoms with Gasteiger partial charge in [-0.15, -0.1) is 11.3 Å². The van der Waals surface area contributed by atoms with Crippen molar-refractivity contribution < 1.29 is 4.79 Å². The van der Waals surface area contributed by atoms with Gasteiger partial charge in [0.25, 0.3) is 5.91 Å². The number of anilines is 1. The van der Waals surface area contributed by atoms with Gasteiger partial charge in [-0.2, -0.15) is 0 Å². The van der Waals surface area contributed by atoms with E-state index >= 15 is 0 Å². The SMILES string of the molecule is CN1CCN(Cc2c[nH]c(NC(=O)c3ccc(-c4csc5ccccc45)c4nccnc34)n2)CC1. The molecule has 0 unspecified atom stereocenters. The van der Waals surface area contributed by atoms with E-state index in [9.17, 15) is 4.79 Å². The molecule has 1 aliphatic rings. The summed E-state index contributed by atoms with van der Waals surface area (Å²) in [6, 6.07) is 12.1. The second-order valence-corrected chi connectivity index (χ2v) is 9.74. The highest BCUT2D eigenvalue weighted by Gasteiger charge is 2.19. The number of hydrogen-bond acceptors (Lipinski definition) is 7. The van der Waals surface area contributed by atoms with Gasteiger partial charge in [0, 0.05) is 72.5 Å². The van der Waals surface area contributed by atoms with E-state index in [4.69, 9.17) is 0 Å². The van der Waals surface area contributed by atoms with E-state index in [2.05, 4.69) is 59.6 Å². The third-order valence-corrected chi connectivity index (χ3v) is 7.45. The summed E-state index contributed by atoms with van der Waals surface area (Å²) >= 11 is 1.70. The first kappa shape index (κ1) is 21.8. The maximum Gasteiger partial charge on any atom is 0.260 e. The minimum Gasteiger partial charge on any atom is -0.330 e. The molecule has 0 radical (unpaired) electrons. The number of hydrogen-bond donors (Lipinski definition) is 2. The van der Waals surface area contributed by atoms with Crippen LogP contribution in [0.5, 0.6) is 0 Å². The lowest BCUT2D eigenvalue weighted by Crippen LogP contribution is -2.43. The quantitative estimate of drug-likeness (QED) is 0.389. The molecule has 8 nitrogen and oxygen atoms in total. The number of fused-ring (bicyclic) bond motifs is 2. The minimum atomic E-state index is -0.266. The van der Waals surface area contributed by atoms with Gasteiger partial charge in [0.2, 0.25) is 5.95 Å². The van der Waals surface area contributed by atoms with E-state index in [1.807, 2.05) is 30.5 Å². The number of carbonyl (C=O) groups excluding carboxylic acids is 1. The summed E-state index contributed by atoms with van der Waals surface area (Å²) in [4.78, 5) is 34.7. The van der Waals surface area contributed by atoms with E-state index in [0.717, 1.165) is 49.5 Å². The fraction of sp³-hybridized carbons (Fsp3) is 0.231. The van der Waals surface area contributed by atoms with Crippen LogP contribution in [0, 0.1) is 0 Å². The number of aromatic amines is 1. The second kappa shape index (κ2) is 9.18.